The van der Waals surface area contributed by atoms with Crippen molar-refractivity contribution in [2.75, 3.05) is 5.73 Å². The molecule has 0 aliphatic heterocycles. The zero-order valence-corrected chi connectivity index (χ0v) is 11.4. The number of thiazole rings is 1. The van der Waals surface area contributed by atoms with Gasteiger partial charge in [-0.2, -0.15) is 0 Å². The van der Waals surface area contributed by atoms with Crippen LogP contribution >= 0.6 is 22.9 Å². The third-order valence-corrected chi connectivity index (χ3v) is 3.82. The molecule has 0 amide bonds. The molecule has 2 aromatic heterocycles. The van der Waals surface area contributed by atoms with E-state index in [0.29, 0.717) is 23.5 Å². The maximum absolute atomic E-state index is 13.5. The summed E-state index contributed by atoms with van der Waals surface area (Å²) in [6, 6.07) is 2.85. The Morgan fingerprint density at radius 2 is 2.26 bits per heavy atom. The average Bonchev–Trinajstić information content (AvgIpc) is 2.96. The van der Waals surface area contributed by atoms with E-state index in [1.807, 2.05) is 5.38 Å². The van der Waals surface area contributed by atoms with Crippen molar-refractivity contribution in [1.82, 2.24) is 14.5 Å². The van der Waals surface area contributed by atoms with Crippen molar-refractivity contribution in [3.63, 3.8) is 0 Å². The maximum atomic E-state index is 13.5. The van der Waals surface area contributed by atoms with E-state index >= 15 is 0 Å². The number of aromatic nitrogens is 3. The topological polar surface area (TPSA) is 56.7 Å². The first-order valence-corrected chi connectivity index (χ1v) is 6.95. The van der Waals surface area contributed by atoms with Crippen LogP contribution in [0.1, 0.15) is 5.69 Å². The van der Waals surface area contributed by atoms with Gasteiger partial charge in [-0.1, -0.05) is 11.6 Å². The molecule has 0 saturated heterocycles. The van der Waals surface area contributed by atoms with Gasteiger partial charge >= 0.3 is 0 Å². The van der Waals surface area contributed by atoms with E-state index in [9.17, 15) is 4.39 Å². The summed E-state index contributed by atoms with van der Waals surface area (Å²) in [6.07, 6.45) is 0.726. The van der Waals surface area contributed by atoms with Crippen molar-refractivity contribution in [3.05, 3.63) is 39.6 Å². The molecule has 1 aromatic carbocycles. The van der Waals surface area contributed by atoms with Crippen molar-refractivity contribution in [3.8, 4) is 0 Å². The fourth-order valence-corrected chi connectivity index (χ4v) is 2.71. The van der Waals surface area contributed by atoms with Gasteiger partial charge in [-0.05, 0) is 6.07 Å². The van der Waals surface area contributed by atoms with Crippen LogP contribution < -0.4 is 5.73 Å². The fourth-order valence-electron chi connectivity index (χ4n) is 1.96. The second-order valence-corrected chi connectivity index (χ2v) is 5.23. The van der Waals surface area contributed by atoms with Gasteiger partial charge in [0.15, 0.2) is 0 Å². The number of aryl methyl sites for hydroxylation is 2. The van der Waals surface area contributed by atoms with Crippen LogP contribution in [0.4, 0.5) is 10.3 Å². The molecule has 0 aliphatic rings. The molecule has 0 fully saturated rings. The van der Waals surface area contributed by atoms with E-state index in [2.05, 4.69) is 9.97 Å². The van der Waals surface area contributed by atoms with E-state index in [0.717, 1.165) is 12.1 Å². The standard InChI is InChI=1S/C12H10ClFN4S/c13-8-3-10-11(4-9(8)14)18(12(15)17-10)2-1-7-5-19-6-16-7/h3-6H,1-2H2,(H2,15,17). The highest BCUT2D eigenvalue weighted by molar-refractivity contribution is 7.07. The van der Waals surface area contributed by atoms with Gasteiger partial charge in [-0.15, -0.1) is 11.3 Å². The molecule has 0 aliphatic carbocycles. The number of nitrogens with zero attached hydrogens (tertiary/aromatic N) is 3. The lowest BCUT2D eigenvalue weighted by molar-refractivity contribution is 0.628. The highest BCUT2D eigenvalue weighted by atomic mass is 35.5. The molecule has 0 bridgehead atoms. The first kappa shape index (κ1) is 12.4. The van der Waals surface area contributed by atoms with E-state index in [-0.39, 0.29) is 5.02 Å². The lowest BCUT2D eigenvalue weighted by Crippen LogP contribution is -2.06. The third-order valence-electron chi connectivity index (χ3n) is 2.89. The van der Waals surface area contributed by atoms with Gasteiger partial charge in [0.05, 0.1) is 27.3 Å². The van der Waals surface area contributed by atoms with Crippen molar-refractivity contribution >= 4 is 39.9 Å². The Balaban J connectivity index is 1.98. The molecule has 0 unspecified atom stereocenters. The highest BCUT2D eigenvalue weighted by Gasteiger charge is 2.12. The van der Waals surface area contributed by atoms with Crippen molar-refractivity contribution in [2.24, 2.45) is 0 Å². The number of hydrogen-bond donors (Lipinski definition) is 1. The zero-order chi connectivity index (χ0) is 13.4. The van der Waals surface area contributed by atoms with Gasteiger partial charge in [0, 0.05) is 24.4 Å². The second-order valence-electron chi connectivity index (χ2n) is 4.11. The Kier molecular flexibility index (Phi) is 3.12. The van der Waals surface area contributed by atoms with Crippen molar-refractivity contribution < 1.29 is 4.39 Å². The molecule has 0 atom stereocenters. The lowest BCUT2D eigenvalue weighted by Gasteiger charge is -2.05. The van der Waals surface area contributed by atoms with Gasteiger partial charge in [0.1, 0.15) is 5.82 Å². The van der Waals surface area contributed by atoms with Crippen LogP contribution in [-0.4, -0.2) is 14.5 Å². The minimum atomic E-state index is -0.469. The van der Waals surface area contributed by atoms with Crippen molar-refractivity contribution in [2.45, 2.75) is 13.0 Å². The summed E-state index contributed by atoms with van der Waals surface area (Å²) in [7, 11) is 0. The van der Waals surface area contributed by atoms with E-state index in [1.54, 1.807) is 21.4 Å². The molecule has 3 rings (SSSR count). The monoisotopic (exact) mass is 296 g/mol. The van der Waals surface area contributed by atoms with E-state index in [1.165, 1.54) is 12.1 Å². The van der Waals surface area contributed by atoms with Crippen LogP contribution in [-0.2, 0) is 13.0 Å². The number of nitrogen functional groups attached to an aromatic ring is 1. The normalized spacial score (nSPS) is 11.3. The summed E-state index contributed by atoms with van der Waals surface area (Å²) in [4.78, 5) is 8.39. The Bertz CT molecular complexity index is 723. The predicted octanol–water partition coefficient (Wildman–Crippen LogP) is 3.11. The molecule has 7 heteroatoms. The lowest BCUT2D eigenvalue weighted by atomic mass is 10.3. The van der Waals surface area contributed by atoms with Gasteiger partial charge in [-0.3, -0.25) is 0 Å². The molecule has 0 radical (unpaired) electrons. The quantitative estimate of drug-likeness (QED) is 0.808. The maximum Gasteiger partial charge on any atom is 0.201 e. The Hall–Kier alpha value is -1.66. The Morgan fingerprint density at radius 1 is 1.42 bits per heavy atom. The molecule has 0 saturated carbocycles. The molecule has 3 aromatic rings. The molecule has 0 spiro atoms. The van der Waals surface area contributed by atoms with Crippen molar-refractivity contribution in [1.29, 1.82) is 0 Å². The molecule has 2 N–H and O–H groups in total. The van der Waals surface area contributed by atoms with Gasteiger partial charge < -0.3 is 10.3 Å². The number of halogens is 2. The smallest absolute Gasteiger partial charge is 0.201 e. The number of rotatable bonds is 3. The van der Waals surface area contributed by atoms with Gasteiger partial charge in [-0.25, -0.2) is 14.4 Å². The SMILES string of the molecule is Nc1nc2cc(Cl)c(F)cc2n1CCc1cscn1. The molecular formula is C12H10ClFN4S. The number of hydrogen-bond acceptors (Lipinski definition) is 4. The van der Waals surface area contributed by atoms with Crippen LogP contribution in [0, 0.1) is 5.82 Å². The summed E-state index contributed by atoms with van der Waals surface area (Å²) in [5, 5.41) is 2.03. The summed E-state index contributed by atoms with van der Waals surface area (Å²) < 4.78 is 15.3. The highest BCUT2D eigenvalue weighted by Crippen LogP contribution is 2.25. The largest absolute Gasteiger partial charge is 0.369 e. The van der Waals surface area contributed by atoms with E-state index < -0.39 is 5.82 Å². The van der Waals surface area contributed by atoms with Gasteiger partial charge in [0.25, 0.3) is 0 Å². The fraction of sp³-hybridized carbons (Fsp3) is 0.167. The van der Waals surface area contributed by atoms with Crippen LogP contribution in [0.15, 0.2) is 23.0 Å². The van der Waals surface area contributed by atoms with Crippen LogP contribution in [0.25, 0.3) is 11.0 Å². The summed E-state index contributed by atoms with van der Waals surface area (Å²) in [5.41, 5.74) is 9.88. The van der Waals surface area contributed by atoms with Crippen LogP contribution in [0.2, 0.25) is 5.02 Å². The number of anilines is 1. The Labute approximate surface area is 117 Å². The summed E-state index contributed by atoms with van der Waals surface area (Å²) >= 11 is 7.28. The van der Waals surface area contributed by atoms with E-state index in [4.69, 9.17) is 17.3 Å². The minimum absolute atomic E-state index is 0.0525. The molecule has 4 nitrogen and oxygen atoms in total. The molecule has 2 heterocycles. The summed E-state index contributed by atoms with van der Waals surface area (Å²) in [5.74, 6) is -0.115. The number of benzene rings is 1. The number of nitrogens with two attached hydrogens (primary N) is 1. The predicted molar refractivity (Wildman–Crippen MR) is 74.9 cm³/mol. The zero-order valence-electron chi connectivity index (χ0n) is 9.81. The average molecular weight is 297 g/mol. The van der Waals surface area contributed by atoms with Crippen LogP contribution in [0.5, 0.6) is 0 Å². The molecule has 19 heavy (non-hydrogen) atoms. The molecule has 98 valence electrons. The van der Waals surface area contributed by atoms with Gasteiger partial charge in [0.2, 0.25) is 5.95 Å². The third kappa shape index (κ3) is 2.29. The van der Waals surface area contributed by atoms with Crippen LogP contribution in [0.3, 0.4) is 0 Å². The first-order valence-electron chi connectivity index (χ1n) is 5.63. The molecular weight excluding hydrogens is 287 g/mol. The number of imidazole rings is 1. The minimum Gasteiger partial charge on any atom is -0.369 e. The Morgan fingerprint density at radius 3 is 3.00 bits per heavy atom. The second kappa shape index (κ2) is 4.79. The number of fused-ring (bicyclic) bond motifs is 1. The first-order chi connectivity index (χ1) is 9.15. The summed E-state index contributed by atoms with van der Waals surface area (Å²) in [6.45, 7) is 0.604.